The van der Waals surface area contributed by atoms with Gasteiger partial charge >= 0.3 is 6.09 Å². The normalized spacial score (nSPS) is 15.1. The zero-order valence-corrected chi connectivity index (χ0v) is 21.1. The number of rotatable bonds is 9. The Morgan fingerprint density at radius 2 is 1.87 bits per heavy atom. The first-order valence-corrected chi connectivity index (χ1v) is 12.6. The number of amides is 2. The second-order valence-corrected chi connectivity index (χ2v) is 9.14. The highest BCUT2D eigenvalue weighted by atomic mass is 32.1. The number of nitrogens with zero attached hydrogens (tertiary/aromatic N) is 4. The van der Waals surface area contributed by atoms with Crippen molar-refractivity contribution in [1.29, 1.82) is 0 Å². The SMILES string of the molecule is O=C(CCC(=O)c1ccc(CS)cc1)NCC1CN(c2ccc(-n3nnc4ccccc43)c(F)c2)C(=O)O1. The number of nitrogens with one attached hydrogen (secondary N) is 1. The van der Waals surface area contributed by atoms with Crippen molar-refractivity contribution in [3.05, 3.63) is 83.7 Å². The molecule has 0 radical (unpaired) electrons. The Morgan fingerprint density at radius 3 is 2.63 bits per heavy atom. The van der Waals surface area contributed by atoms with Crippen LogP contribution >= 0.6 is 12.6 Å². The van der Waals surface area contributed by atoms with E-state index < -0.39 is 18.0 Å². The van der Waals surface area contributed by atoms with Crippen LogP contribution in [0.2, 0.25) is 0 Å². The van der Waals surface area contributed by atoms with Crippen molar-refractivity contribution in [2.75, 3.05) is 18.0 Å². The van der Waals surface area contributed by atoms with Crippen LogP contribution in [0.4, 0.5) is 14.9 Å². The Balaban J connectivity index is 1.15. The molecular weight excluding hydrogens is 509 g/mol. The number of para-hydroxylation sites is 1. The van der Waals surface area contributed by atoms with E-state index in [1.807, 2.05) is 24.3 Å². The number of fused-ring (bicyclic) bond motifs is 1. The average Bonchev–Trinajstić information content (AvgIpc) is 3.53. The van der Waals surface area contributed by atoms with Gasteiger partial charge in [0.1, 0.15) is 17.3 Å². The minimum atomic E-state index is -0.637. The maximum atomic E-state index is 15.0. The Morgan fingerprint density at radius 1 is 1.08 bits per heavy atom. The molecule has 0 aliphatic carbocycles. The highest BCUT2D eigenvalue weighted by Crippen LogP contribution is 2.26. The Bertz CT molecular complexity index is 1510. The first-order valence-electron chi connectivity index (χ1n) is 12.0. The predicted molar refractivity (Wildman–Crippen MR) is 142 cm³/mol. The fraction of sp³-hybridized carbons (Fsp3) is 0.222. The third kappa shape index (κ3) is 5.37. The van der Waals surface area contributed by atoms with Crippen LogP contribution in [0.25, 0.3) is 16.7 Å². The maximum absolute atomic E-state index is 15.0. The number of anilines is 1. The van der Waals surface area contributed by atoms with E-state index in [0.29, 0.717) is 28.0 Å². The van der Waals surface area contributed by atoms with Crippen LogP contribution in [0, 0.1) is 5.82 Å². The molecule has 9 nitrogen and oxygen atoms in total. The lowest BCUT2D eigenvalue weighted by molar-refractivity contribution is -0.121. The number of hydrogen-bond acceptors (Lipinski definition) is 7. The summed E-state index contributed by atoms with van der Waals surface area (Å²) in [5.41, 5.74) is 3.36. The topological polar surface area (TPSA) is 106 Å². The van der Waals surface area contributed by atoms with Crippen molar-refractivity contribution < 1.29 is 23.5 Å². The van der Waals surface area contributed by atoms with Gasteiger partial charge in [0.25, 0.3) is 0 Å². The first-order chi connectivity index (χ1) is 18.4. The molecule has 1 aromatic heterocycles. The smallest absolute Gasteiger partial charge is 0.414 e. The van der Waals surface area contributed by atoms with Crippen molar-refractivity contribution in [3.8, 4) is 5.69 Å². The number of benzene rings is 3. The van der Waals surface area contributed by atoms with Crippen LogP contribution in [0.1, 0.15) is 28.8 Å². The number of ether oxygens (including phenoxy) is 1. The minimum Gasteiger partial charge on any atom is -0.442 e. The summed E-state index contributed by atoms with van der Waals surface area (Å²) in [5.74, 6) is -0.447. The molecule has 0 spiro atoms. The molecule has 2 heterocycles. The molecule has 1 aliphatic rings. The first kappa shape index (κ1) is 25.4. The molecule has 0 bridgehead atoms. The van der Waals surface area contributed by atoms with Gasteiger partial charge in [-0.25, -0.2) is 13.9 Å². The third-order valence-electron chi connectivity index (χ3n) is 6.26. The third-order valence-corrected chi connectivity index (χ3v) is 6.63. The fourth-order valence-corrected chi connectivity index (χ4v) is 4.42. The van der Waals surface area contributed by atoms with E-state index in [4.69, 9.17) is 4.74 Å². The Labute approximate surface area is 223 Å². The van der Waals surface area contributed by atoms with E-state index in [-0.39, 0.29) is 43.3 Å². The van der Waals surface area contributed by atoms with Gasteiger partial charge < -0.3 is 10.1 Å². The number of aromatic nitrogens is 3. The molecule has 3 aromatic carbocycles. The van der Waals surface area contributed by atoms with Crippen LogP contribution in [-0.2, 0) is 15.3 Å². The van der Waals surface area contributed by atoms with E-state index in [0.717, 1.165) is 5.56 Å². The number of halogens is 1. The predicted octanol–water partition coefficient (Wildman–Crippen LogP) is 4.09. The molecule has 11 heteroatoms. The highest BCUT2D eigenvalue weighted by molar-refractivity contribution is 7.79. The molecule has 1 saturated heterocycles. The molecule has 1 N–H and O–H groups in total. The number of hydrogen-bond donors (Lipinski definition) is 2. The van der Waals surface area contributed by atoms with Crippen molar-refractivity contribution >= 4 is 47.1 Å². The number of thiol groups is 1. The molecule has 1 atom stereocenters. The number of cyclic esters (lactones) is 1. The van der Waals surface area contributed by atoms with E-state index in [1.54, 1.807) is 30.3 Å². The summed E-state index contributed by atoms with van der Waals surface area (Å²) in [6.07, 6.45) is -1.17. The van der Waals surface area contributed by atoms with Gasteiger partial charge in [-0.15, -0.1) is 5.10 Å². The van der Waals surface area contributed by atoms with E-state index in [2.05, 4.69) is 28.3 Å². The van der Waals surface area contributed by atoms with Gasteiger partial charge in [0, 0.05) is 24.2 Å². The number of carbonyl (C=O) groups excluding carboxylic acids is 3. The number of Topliss-reactive ketones (excluding diaryl/α,β-unsaturated/α-hetero) is 1. The maximum Gasteiger partial charge on any atom is 0.414 e. The van der Waals surface area contributed by atoms with Crippen LogP contribution in [0.3, 0.4) is 0 Å². The van der Waals surface area contributed by atoms with Gasteiger partial charge in [-0.3, -0.25) is 14.5 Å². The molecular formula is C27H24FN5O4S. The summed E-state index contributed by atoms with van der Waals surface area (Å²) >= 11 is 4.19. The Hall–Kier alpha value is -4.25. The molecule has 2 amide bonds. The molecule has 1 fully saturated rings. The van der Waals surface area contributed by atoms with Crippen molar-refractivity contribution in [3.63, 3.8) is 0 Å². The lowest BCUT2D eigenvalue weighted by Gasteiger charge is -2.14. The quantitative estimate of drug-likeness (QED) is 0.248. The summed E-state index contributed by atoms with van der Waals surface area (Å²) in [6, 6.07) is 18.7. The summed E-state index contributed by atoms with van der Waals surface area (Å²) in [4.78, 5) is 38.3. The monoisotopic (exact) mass is 533 g/mol. The standard InChI is InChI=1S/C27H24FN5O4S/c28-21-13-19(9-10-23(21)33-24-4-2-1-3-22(24)30-31-33)32-15-20(37-27(32)36)14-29-26(35)12-11-25(34)18-7-5-17(16-38)6-8-18/h1-10,13,20,38H,11-12,14-16H2,(H,29,35). The van der Waals surface area contributed by atoms with E-state index >= 15 is 4.39 Å². The van der Waals surface area contributed by atoms with Crippen LogP contribution < -0.4 is 10.2 Å². The van der Waals surface area contributed by atoms with Gasteiger partial charge in [-0.2, -0.15) is 12.6 Å². The second-order valence-electron chi connectivity index (χ2n) is 8.82. The largest absolute Gasteiger partial charge is 0.442 e. The molecule has 0 saturated carbocycles. The van der Waals surface area contributed by atoms with Crippen LogP contribution in [-0.4, -0.2) is 52.0 Å². The average molecular weight is 534 g/mol. The summed E-state index contributed by atoms with van der Waals surface area (Å²) in [7, 11) is 0. The van der Waals surface area contributed by atoms with Gasteiger partial charge in [0.2, 0.25) is 5.91 Å². The number of carbonyl (C=O) groups is 3. The fourth-order valence-electron chi connectivity index (χ4n) is 4.20. The molecule has 4 aromatic rings. The molecule has 194 valence electrons. The van der Waals surface area contributed by atoms with Crippen molar-refractivity contribution in [2.45, 2.75) is 24.7 Å². The summed E-state index contributed by atoms with van der Waals surface area (Å²) in [6.45, 7) is 0.220. The zero-order valence-electron chi connectivity index (χ0n) is 20.2. The molecule has 1 unspecified atom stereocenters. The molecule has 1 aliphatic heterocycles. The van der Waals surface area contributed by atoms with Crippen molar-refractivity contribution in [1.82, 2.24) is 20.3 Å². The summed E-state index contributed by atoms with van der Waals surface area (Å²) < 4.78 is 21.8. The number of ketones is 1. The van der Waals surface area contributed by atoms with Gasteiger partial charge in [0.15, 0.2) is 11.6 Å². The van der Waals surface area contributed by atoms with Gasteiger partial charge in [-0.1, -0.05) is 41.6 Å². The van der Waals surface area contributed by atoms with Gasteiger partial charge in [0.05, 0.1) is 24.3 Å². The summed E-state index contributed by atoms with van der Waals surface area (Å²) in [5, 5.41) is 10.8. The lowest BCUT2D eigenvalue weighted by Crippen LogP contribution is -2.34. The van der Waals surface area contributed by atoms with Crippen LogP contribution in [0.15, 0.2) is 66.7 Å². The molecule has 38 heavy (non-hydrogen) atoms. The minimum absolute atomic E-state index is 0.0151. The van der Waals surface area contributed by atoms with Crippen molar-refractivity contribution in [2.24, 2.45) is 0 Å². The van der Waals surface area contributed by atoms with E-state index in [9.17, 15) is 14.4 Å². The Kier molecular flexibility index (Phi) is 7.36. The molecule has 5 rings (SSSR count). The highest BCUT2D eigenvalue weighted by Gasteiger charge is 2.33. The van der Waals surface area contributed by atoms with Gasteiger partial charge in [-0.05, 0) is 35.9 Å². The lowest BCUT2D eigenvalue weighted by atomic mass is 10.0. The van der Waals surface area contributed by atoms with Crippen LogP contribution in [0.5, 0.6) is 0 Å². The van der Waals surface area contributed by atoms with E-state index in [1.165, 1.54) is 21.7 Å². The second kappa shape index (κ2) is 11.0. The zero-order chi connectivity index (χ0) is 26.6.